The third-order valence-electron chi connectivity index (χ3n) is 3.81. The number of imidazole rings is 1. The van der Waals surface area contributed by atoms with Gasteiger partial charge < -0.3 is 4.57 Å². The molecule has 2 aromatic rings. The highest BCUT2D eigenvalue weighted by atomic mass is 79.9. The SMILES string of the molecule is CC(Cn1c(CCl)nc2cc(Br)ccc21)C1CC1. The number of hydrogen-bond donors (Lipinski definition) is 0. The van der Waals surface area contributed by atoms with E-state index in [2.05, 4.69) is 50.6 Å². The highest BCUT2D eigenvalue weighted by Gasteiger charge is 2.28. The Morgan fingerprint density at radius 3 is 2.94 bits per heavy atom. The smallest absolute Gasteiger partial charge is 0.124 e. The minimum absolute atomic E-state index is 0.476. The van der Waals surface area contributed by atoms with Crippen molar-refractivity contribution in [3.8, 4) is 0 Å². The van der Waals surface area contributed by atoms with Gasteiger partial charge in [0.1, 0.15) is 5.82 Å². The van der Waals surface area contributed by atoms with Gasteiger partial charge in [0.05, 0.1) is 16.9 Å². The van der Waals surface area contributed by atoms with E-state index in [4.69, 9.17) is 11.6 Å². The van der Waals surface area contributed by atoms with Crippen LogP contribution in [0.4, 0.5) is 0 Å². The van der Waals surface area contributed by atoms with E-state index < -0.39 is 0 Å². The Labute approximate surface area is 120 Å². The van der Waals surface area contributed by atoms with Crippen LogP contribution in [-0.2, 0) is 12.4 Å². The topological polar surface area (TPSA) is 17.8 Å². The molecule has 1 aliphatic rings. The molecule has 2 nitrogen and oxygen atoms in total. The van der Waals surface area contributed by atoms with Gasteiger partial charge in [-0.1, -0.05) is 22.9 Å². The van der Waals surface area contributed by atoms with Crippen LogP contribution in [0.5, 0.6) is 0 Å². The van der Waals surface area contributed by atoms with Gasteiger partial charge in [-0.25, -0.2) is 4.98 Å². The monoisotopic (exact) mass is 326 g/mol. The summed E-state index contributed by atoms with van der Waals surface area (Å²) < 4.78 is 3.36. The van der Waals surface area contributed by atoms with Crippen molar-refractivity contribution in [1.29, 1.82) is 0 Å². The highest BCUT2D eigenvalue weighted by Crippen LogP contribution is 2.38. The second kappa shape index (κ2) is 4.86. The molecule has 0 amide bonds. The van der Waals surface area contributed by atoms with E-state index >= 15 is 0 Å². The summed E-state index contributed by atoms with van der Waals surface area (Å²) >= 11 is 9.52. The molecule has 1 aliphatic carbocycles. The summed E-state index contributed by atoms with van der Waals surface area (Å²) in [6, 6.07) is 6.26. The van der Waals surface area contributed by atoms with Crippen molar-refractivity contribution in [1.82, 2.24) is 9.55 Å². The maximum Gasteiger partial charge on any atom is 0.124 e. The molecule has 1 unspecified atom stereocenters. The van der Waals surface area contributed by atoms with Gasteiger partial charge in [-0.2, -0.15) is 0 Å². The van der Waals surface area contributed by atoms with E-state index in [-0.39, 0.29) is 0 Å². The van der Waals surface area contributed by atoms with Crippen LogP contribution in [-0.4, -0.2) is 9.55 Å². The summed E-state index contributed by atoms with van der Waals surface area (Å²) in [6.45, 7) is 3.37. The molecular weight excluding hydrogens is 312 g/mol. The molecular formula is C14H16BrClN2. The molecule has 1 aromatic carbocycles. The molecule has 0 bridgehead atoms. The zero-order valence-electron chi connectivity index (χ0n) is 10.4. The molecule has 1 heterocycles. The third kappa shape index (κ3) is 2.30. The van der Waals surface area contributed by atoms with Gasteiger partial charge in [-0.15, -0.1) is 11.6 Å². The molecule has 1 fully saturated rings. The highest BCUT2D eigenvalue weighted by molar-refractivity contribution is 9.10. The fourth-order valence-electron chi connectivity index (χ4n) is 2.56. The molecule has 3 rings (SSSR count). The Hall–Kier alpha value is -0.540. The van der Waals surface area contributed by atoms with Gasteiger partial charge >= 0.3 is 0 Å². The van der Waals surface area contributed by atoms with Crippen LogP contribution in [0.25, 0.3) is 11.0 Å². The van der Waals surface area contributed by atoms with Crippen molar-refractivity contribution in [3.63, 3.8) is 0 Å². The quantitative estimate of drug-likeness (QED) is 0.751. The second-order valence-corrected chi connectivity index (χ2v) is 6.40. The number of nitrogens with zero attached hydrogens (tertiary/aromatic N) is 2. The van der Waals surface area contributed by atoms with Crippen LogP contribution >= 0.6 is 27.5 Å². The molecule has 18 heavy (non-hydrogen) atoms. The molecule has 1 saturated carbocycles. The fraction of sp³-hybridized carbons (Fsp3) is 0.500. The average Bonchev–Trinajstić information content (AvgIpc) is 3.14. The lowest BCUT2D eigenvalue weighted by Crippen LogP contribution is -2.11. The van der Waals surface area contributed by atoms with E-state index in [9.17, 15) is 0 Å². The summed E-state index contributed by atoms with van der Waals surface area (Å²) in [4.78, 5) is 4.63. The zero-order chi connectivity index (χ0) is 12.7. The largest absolute Gasteiger partial charge is 0.327 e. The molecule has 1 aromatic heterocycles. The van der Waals surface area contributed by atoms with Gasteiger partial charge in [-0.3, -0.25) is 0 Å². The predicted molar refractivity (Wildman–Crippen MR) is 78.9 cm³/mol. The first-order valence-corrected chi connectivity index (χ1v) is 7.72. The number of aromatic nitrogens is 2. The molecule has 0 spiro atoms. The predicted octanol–water partition coefficient (Wildman–Crippen LogP) is 4.58. The van der Waals surface area contributed by atoms with Crippen LogP contribution in [0.1, 0.15) is 25.6 Å². The molecule has 0 aliphatic heterocycles. The van der Waals surface area contributed by atoms with Gasteiger partial charge in [-0.05, 0) is 42.9 Å². The average molecular weight is 328 g/mol. The standard InChI is InChI=1S/C14H16BrClN2/c1-9(10-2-3-10)8-18-13-5-4-11(15)6-12(13)17-14(18)7-16/h4-6,9-10H,2-3,7-8H2,1H3. The molecule has 0 radical (unpaired) electrons. The first kappa shape index (κ1) is 12.5. The summed E-state index contributed by atoms with van der Waals surface area (Å²) in [5, 5.41) is 0. The van der Waals surface area contributed by atoms with E-state index in [1.165, 1.54) is 18.4 Å². The summed E-state index contributed by atoms with van der Waals surface area (Å²) in [6.07, 6.45) is 2.77. The number of fused-ring (bicyclic) bond motifs is 1. The Bertz CT molecular complexity index is 574. The molecule has 0 N–H and O–H groups in total. The maximum absolute atomic E-state index is 6.03. The number of halogens is 2. The Morgan fingerprint density at radius 2 is 2.28 bits per heavy atom. The lowest BCUT2D eigenvalue weighted by atomic mass is 10.1. The van der Waals surface area contributed by atoms with Crippen molar-refractivity contribution in [2.45, 2.75) is 32.2 Å². The Balaban J connectivity index is 2.01. The minimum atomic E-state index is 0.476. The second-order valence-electron chi connectivity index (χ2n) is 5.22. The van der Waals surface area contributed by atoms with Crippen molar-refractivity contribution in [2.24, 2.45) is 11.8 Å². The lowest BCUT2D eigenvalue weighted by Gasteiger charge is -2.14. The normalized spacial score (nSPS) is 17.3. The van der Waals surface area contributed by atoms with Crippen LogP contribution < -0.4 is 0 Å². The Morgan fingerprint density at radius 1 is 1.50 bits per heavy atom. The van der Waals surface area contributed by atoms with Crippen molar-refractivity contribution < 1.29 is 0 Å². The van der Waals surface area contributed by atoms with Crippen LogP contribution in [0.2, 0.25) is 0 Å². The van der Waals surface area contributed by atoms with Crippen LogP contribution in [0, 0.1) is 11.8 Å². The van der Waals surface area contributed by atoms with Crippen LogP contribution in [0.15, 0.2) is 22.7 Å². The molecule has 1 atom stereocenters. The van der Waals surface area contributed by atoms with E-state index in [0.717, 1.165) is 28.3 Å². The van der Waals surface area contributed by atoms with E-state index in [1.54, 1.807) is 0 Å². The molecule has 4 heteroatoms. The third-order valence-corrected chi connectivity index (χ3v) is 4.54. The van der Waals surface area contributed by atoms with Gasteiger partial charge in [0, 0.05) is 11.0 Å². The number of hydrogen-bond acceptors (Lipinski definition) is 1. The molecule has 96 valence electrons. The van der Waals surface area contributed by atoms with Gasteiger partial charge in [0.2, 0.25) is 0 Å². The molecule has 0 saturated heterocycles. The van der Waals surface area contributed by atoms with E-state index in [1.807, 2.05) is 0 Å². The summed E-state index contributed by atoms with van der Waals surface area (Å²) in [5.41, 5.74) is 2.23. The first-order valence-electron chi connectivity index (χ1n) is 6.39. The Kier molecular flexibility index (Phi) is 3.37. The van der Waals surface area contributed by atoms with Gasteiger partial charge in [0.25, 0.3) is 0 Å². The van der Waals surface area contributed by atoms with Crippen LogP contribution in [0.3, 0.4) is 0 Å². The van der Waals surface area contributed by atoms with Crippen molar-refractivity contribution in [3.05, 3.63) is 28.5 Å². The summed E-state index contributed by atoms with van der Waals surface area (Å²) in [7, 11) is 0. The number of alkyl halides is 1. The van der Waals surface area contributed by atoms with Gasteiger partial charge in [0.15, 0.2) is 0 Å². The van der Waals surface area contributed by atoms with Crippen molar-refractivity contribution in [2.75, 3.05) is 0 Å². The van der Waals surface area contributed by atoms with E-state index in [0.29, 0.717) is 11.8 Å². The van der Waals surface area contributed by atoms with Crippen molar-refractivity contribution >= 4 is 38.6 Å². The fourth-order valence-corrected chi connectivity index (χ4v) is 3.11. The zero-order valence-corrected chi connectivity index (χ0v) is 12.7. The maximum atomic E-state index is 6.03. The number of rotatable bonds is 4. The summed E-state index contributed by atoms with van der Waals surface area (Å²) in [5.74, 6) is 3.08. The lowest BCUT2D eigenvalue weighted by molar-refractivity contribution is 0.431. The number of benzene rings is 1. The first-order chi connectivity index (χ1) is 8.69. The minimum Gasteiger partial charge on any atom is -0.327 e.